The zero-order chi connectivity index (χ0) is 16.2. The van der Waals surface area contributed by atoms with Crippen molar-refractivity contribution in [3.63, 3.8) is 0 Å². The van der Waals surface area contributed by atoms with Gasteiger partial charge in [0.15, 0.2) is 6.29 Å². The lowest BCUT2D eigenvalue weighted by Crippen LogP contribution is -2.50. The zero-order valence-electron chi connectivity index (χ0n) is 14.3. The summed E-state index contributed by atoms with van der Waals surface area (Å²) in [6, 6.07) is 5.47. The molecule has 0 saturated carbocycles. The van der Waals surface area contributed by atoms with Crippen LogP contribution in [-0.4, -0.2) is 21.7 Å². The van der Waals surface area contributed by atoms with Crippen molar-refractivity contribution in [1.29, 1.82) is 0 Å². The van der Waals surface area contributed by atoms with E-state index in [0.717, 1.165) is 12.0 Å². The summed E-state index contributed by atoms with van der Waals surface area (Å²) in [5.74, 6) is 1.38. The molecule has 0 heterocycles. The molecule has 0 bridgehead atoms. The van der Waals surface area contributed by atoms with Gasteiger partial charge in [0.25, 0.3) is 8.32 Å². The Hall–Kier alpha value is -1.29. The van der Waals surface area contributed by atoms with E-state index in [9.17, 15) is 4.79 Å². The van der Waals surface area contributed by atoms with Gasteiger partial charge in [-0.2, -0.15) is 0 Å². The molecule has 21 heavy (non-hydrogen) atoms. The summed E-state index contributed by atoms with van der Waals surface area (Å²) in [4.78, 5) is 11.0. The van der Waals surface area contributed by atoms with Crippen molar-refractivity contribution in [1.82, 2.24) is 0 Å². The number of ether oxygens (including phenoxy) is 1. The molecule has 0 amide bonds. The van der Waals surface area contributed by atoms with Crippen molar-refractivity contribution >= 4 is 14.6 Å². The second kappa shape index (κ2) is 7.12. The summed E-state index contributed by atoms with van der Waals surface area (Å²) in [6.07, 6.45) is 0.806. The lowest BCUT2D eigenvalue weighted by molar-refractivity contribution is 0.112. The predicted octanol–water partition coefficient (Wildman–Crippen LogP) is 5.06. The summed E-state index contributed by atoms with van der Waals surface area (Å²) >= 11 is 0. The summed E-state index contributed by atoms with van der Waals surface area (Å²) in [5.41, 5.74) is 2.08. The van der Waals surface area contributed by atoms with Crippen LogP contribution in [0.5, 0.6) is 11.5 Å². The Bertz CT molecular complexity index is 459. The average Bonchev–Trinajstić information content (AvgIpc) is 2.43. The van der Waals surface area contributed by atoms with Gasteiger partial charge in [-0.15, -0.1) is 0 Å². The minimum absolute atomic E-state index is 0.509. The van der Waals surface area contributed by atoms with E-state index in [-0.39, 0.29) is 0 Å². The third kappa shape index (κ3) is 3.49. The van der Waals surface area contributed by atoms with Crippen LogP contribution in [0.1, 0.15) is 51.9 Å². The number of hydrogen-bond donors (Lipinski definition) is 0. The molecule has 0 aliphatic heterocycles. The fourth-order valence-corrected chi connectivity index (χ4v) is 8.65. The summed E-state index contributed by atoms with van der Waals surface area (Å²) in [7, 11) is -0.402. The van der Waals surface area contributed by atoms with E-state index < -0.39 is 8.32 Å². The molecule has 118 valence electrons. The van der Waals surface area contributed by atoms with Gasteiger partial charge in [0.05, 0.1) is 12.7 Å². The lowest BCUT2D eigenvalue weighted by atomic mass is 10.2. The molecular weight excluding hydrogens is 280 g/mol. The molecule has 0 unspecified atom stereocenters. The van der Waals surface area contributed by atoms with Crippen LogP contribution in [-0.2, 0) is 0 Å². The van der Waals surface area contributed by atoms with E-state index in [0.29, 0.717) is 27.9 Å². The highest BCUT2D eigenvalue weighted by Crippen LogP contribution is 2.43. The van der Waals surface area contributed by atoms with Gasteiger partial charge in [-0.05, 0) is 28.8 Å². The Labute approximate surface area is 129 Å². The first kappa shape index (κ1) is 17.8. The van der Waals surface area contributed by atoms with Gasteiger partial charge in [-0.1, -0.05) is 41.5 Å². The van der Waals surface area contributed by atoms with Gasteiger partial charge in [0.1, 0.15) is 11.5 Å². The minimum Gasteiger partial charge on any atom is -0.543 e. The average molecular weight is 308 g/mol. The lowest BCUT2D eigenvalue weighted by Gasteiger charge is -2.42. The first-order chi connectivity index (χ1) is 9.79. The van der Waals surface area contributed by atoms with E-state index in [1.807, 2.05) is 12.1 Å². The van der Waals surface area contributed by atoms with Crippen LogP contribution in [0.15, 0.2) is 18.2 Å². The van der Waals surface area contributed by atoms with Crippen LogP contribution in [0.4, 0.5) is 0 Å². The van der Waals surface area contributed by atoms with Crippen molar-refractivity contribution in [3.8, 4) is 11.5 Å². The highest BCUT2D eigenvalue weighted by Gasteiger charge is 2.47. The SMILES string of the molecule is COc1cc(O[Si](C(C)C)(C(C)C)C(C)C)ccc1C=O. The van der Waals surface area contributed by atoms with Crippen LogP contribution in [0.25, 0.3) is 0 Å². The highest BCUT2D eigenvalue weighted by molar-refractivity contribution is 6.78. The number of rotatable bonds is 7. The van der Waals surface area contributed by atoms with Crippen LogP contribution in [0.2, 0.25) is 16.6 Å². The van der Waals surface area contributed by atoms with Crippen molar-refractivity contribution in [2.24, 2.45) is 0 Å². The van der Waals surface area contributed by atoms with E-state index in [1.165, 1.54) is 0 Å². The van der Waals surface area contributed by atoms with Crippen LogP contribution in [0.3, 0.4) is 0 Å². The van der Waals surface area contributed by atoms with E-state index in [1.54, 1.807) is 13.2 Å². The molecule has 3 nitrogen and oxygen atoms in total. The van der Waals surface area contributed by atoms with Gasteiger partial charge >= 0.3 is 0 Å². The molecule has 0 spiro atoms. The summed E-state index contributed by atoms with van der Waals surface area (Å²) in [6.45, 7) is 13.5. The molecule has 0 fully saturated rings. The maximum atomic E-state index is 11.0. The van der Waals surface area contributed by atoms with E-state index in [4.69, 9.17) is 9.16 Å². The molecule has 0 radical (unpaired) electrons. The molecule has 0 aliphatic carbocycles. The molecule has 1 aromatic rings. The molecule has 0 aliphatic rings. The smallest absolute Gasteiger partial charge is 0.258 e. The summed E-state index contributed by atoms with van der Waals surface area (Å²) < 4.78 is 11.8. The number of carbonyl (C=O) groups is 1. The Morgan fingerprint density at radius 3 is 1.90 bits per heavy atom. The van der Waals surface area contributed by atoms with Gasteiger partial charge < -0.3 is 9.16 Å². The van der Waals surface area contributed by atoms with Gasteiger partial charge in [-0.25, -0.2) is 0 Å². The van der Waals surface area contributed by atoms with Gasteiger partial charge in [0.2, 0.25) is 0 Å². The molecule has 0 N–H and O–H groups in total. The second-order valence-electron chi connectivity index (χ2n) is 6.44. The molecule has 4 heteroatoms. The van der Waals surface area contributed by atoms with E-state index in [2.05, 4.69) is 41.5 Å². The quantitative estimate of drug-likeness (QED) is 0.521. The van der Waals surface area contributed by atoms with Crippen molar-refractivity contribution in [3.05, 3.63) is 23.8 Å². The van der Waals surface area contributed by atoms with Gasteiger partial charge in [0, 0.05) is 6.07 Å². The van der Waals surface area contributed by atoms with E-state index >= 15 is 0 Å². The van der Waals surface area contributed by atoms with Crippen LogP contribution >= 0.6 is 0 Å². The highest BCUT2D eigenvalue weighted by atomic mass is 28.4. The van der Waals surface area contributed by atoms with Crippen molar-refractivity contribution < 1.29 is 14.0 Å². The van der Waals surface area contributed by atoms with Crippen molar-refractivity contribution in [2.75, 3.05) is 7.11 Å². The fourth-order valence-electron chi connectivity index (χ4n) is 3.41. The number of methoxy groups -OCH3 is 1. The van der Waals surface area contributed by atoms with Crippen LogP contribution in [0, 0.1) is 0 Å². The topological polar surface area (TPSA) is 35.5 Å². The molecule has 1 rings (SSSR count). The zero-order valence-corrected chi connectivity index (χ0v) is 15.3. The monoisotopic (exact) mass is 308 g/mol. The number of aldehydes is 1. The largest absolute Gasteiger partial charge is 0.543 e. The maximum absolute atomic E-state index is 11.0. The maximum Gasteiger partial charge on any atom is 0.258 e. The molecule has 0 saturated heterocycles. The van der Waals surface area contributed by atoms with Crippen molar-refractivity contribution in [2.45, 2.75) is 58.2 Å². The normalized spacial score (nSPS) is 12.1. The standard InChI is InChI=1S/C17H28O3Si/c1-12(2)21(13(3)4,14(5)6)20-16-9-8-15(11-18)17(10-16)19-7/h8-14H,1-7H3. The molecule has 0 atom stereocenters. The van der Waals surface area contributed by atoms with Gasteiger partial charge in [-0.3, -0.25) is 4.79 Å². The predicted molar refractivity (Wildman–Crippen MR) is 90.1 cm³/mol. The molecule has 1 aromatic carbocycles. The number of benzene rings is 1. The Morgan fingerprint density at radius 2 is 1.52 bits per heavy atom. The minimum atomic E-state index is -1.98. The molecule has 0 aromatic heterocycles. The Balaban J connectivity index is 3.24. The second-order valence-corrected chi connectivity index (χ2v) is 11.8. The third-order valence-corrected chi connectivity index (χ3v) is 10.3. The molecular formula is C17H28O3Si. The summed E-state index contributed by atoms with van der Waals surface area (Å²) in [5, 5.41) is 0. The third-order valence-electron chi connectivity index (χ3n) is 4.33. The fraction of sp³-hybridized carbons (Fsp3) is 0.588. The Morgan fingerprint density at radius 1 is 1.00 bits per heavy atom. The Kier molecular flexibility index (Phi) is 6.02. The first-order valence-electron chi connectivity index (χ1n) is 7.61. The number of hydrogen-bond acceptors (Lipinski definition) is 3. The number of carbonyl (C=O) groups excluding carboxylic acids is 1. The first-order valence-corrected chi connectivity index (χ1v) is 9.75. The van der Waals surface area contributed by atoms with Crippen LogP contribution < -0.4 is 9.16 Å².